The lowest BCUT2D eigenvalue weighted by molar-refractivity contribution is -0.121. The number of rotatable bonds is 6. The molecular formula is C25H35IN4O. The quantitative estimate of drug-likeness (QED) is 0.324. The monoisotopic (exact) mass is 534 g/mol. The smallest absolute Gasteiger partial charge is 0.220 e. The number of likely N-dealkylation sites (tertiary alicyclic amines) is 1. The lowest BCUT2D eigenvalue weighted by atomic mass is 9.93. The van der Waals surface area contributed by atoms with Gasteiger partial charge in [0, 0.05) is 33.1 Å². The maximum Gasteiger partial charge on any atom is 0.220 e. The highest BCUT2D eigenvalue weighted by Crippen LogP contribution is 2.23. The number of amides is 1. The third-order valence-electron chi connectivity index (χ3n) is 5.69. The predicted octanol–water partition coefficient (Wildman–Crippen LogP) is 4.59. The van der Waals surface area contributed by atoms with Crippen LogP contribution in [0.5, 0.6) is 0 Å². The Labute approximate surface area is 203 Å². The van der Waals surface area contributed by atoms with E-state index in [0.29, 0.717) is 18.9 Å². The van der Waals surface area contributed by atoms with E-state index in [-0.39, 0.29) is 29.9 Å². The molecule has 1 fully saturated rings. The zero-order chi connectivity index (χ0) is 21.3. The van der Waals surface area contributed by atoms with Crippen LogP contribution in [-0.4, -0.2) is 43.4 Å². The predicted molar refractivity (Wildman–Crippen MR) is 140 cm³/mol. The molecule has 3 rings (SSSR count). The van der Waals surface area contributed by atoms with Gasteiger partial charge in [0.05, 0.1) is 6.54 Å². The Morgan fingerprint density at radius 3 is 2.42 bits per heavy atom. The second-order valence-electron chi connectivity index (χ2n) is 8.05. The number of halogens is 1. The molecular weight excluding hydrogens is 499 g/mol. The van der Waals surface area contributed by atoms with Crippen LogP contribution in [0.3, 0.4) is 0 Å². The van der Waals surface area contributed by atoms with Crippen molar-refractivity contribution in [1.29, 1.82) is 0 Å². The molecule has 1 amide bonds. The highest BCUT2D eigenvalue weighted by molar-refractivity contribution is 14.0. The van der Waals surface area contributed by atoms with E-state index >= 15 is 0 Å². The Balaban J connectivity index is 0.00000341. The van der Waals surface area contributed by atoms with Crippen molar-refractivity contribution in [3.05, 3.63) is 59.7 Å². The van der Waals surface area contributed by atoms with Crippen LogP contribution < -0.4 is 10.6 Å². The number of piperidine rings is 1. The van der Waals surface area contributed by atoms with Crippen molar-refractivity contribution < 1.29 is 4.79 Å². The Hall–Kier alpha value is -2.09. The third kappa shape index (κ3) is 7.52. The van der Waals surface area contributed by atoms with Gasteiger partial charge in [-0.15, -0.1) is 24.0 Å². The summed E-state index contributed by atoms with van der Waals surface area (Å²) in [6.45, 7) is 7.61. The van der Waals surface area contributed by atoms with Gasteiger partial charge in [-0.3, -0.25) is 4.79 Å². The van der Waals surface area contributed by atoms with Gasteiger partial charge in [0.2, 0.25) is 5.91 Å². The van der Waals surface area contributed by atoms with E-state index in [4.69, 9.17) is 4.99 Å². The third-order valence-corrected chi connectivity index (χ3v) is 5.69. The molecule has 5 nitrogen and oxygen atoms in total. The van der Waals surface area contributed by atoms with Crippen molar-refractivity contribution in [3.8, 4) is 11.1 Å². The fourth-order valence-electron chi connectivity index (χ4n) is 3.98. The number of nitrogens with one attached hydrogen (secondary N) is 2. The van der Waals surface area contributed by atoms with Gasteiger partial charge in [-0.2, -0.15) is 0 Å². The number of hydrogen-bond acceptors (Lipinski definition) is 2. The average molecular weight is 534 g/mol. The maximum absolute atomic E-state index is 11.6. The molecule has 0 aliphatic carbocycles. The highest BCUT2D eigenvalue weighted by Gasteiger charge is 2.23. The van der Waals surface area contributed by atoms with Crippen LogP contribution in [0.25, 0.3) is 11.1 Å². The number of hydrogen-bond donors (Lipinski definition) is 2. The summed E-state index contributed by atoms with van der Waals surface area (Å²) in [5.74, 6) is 1.58. The second-order valence-corrected chi connectivity index (χ2v) is 8.05. The number of aliphatic imine (C=N–C) groups is 1. The molecule has 2 aromatic rings. The van der Waals surface area contributed by atoms with Gasteiger partial charge in [0.15, 0.2) is 5.96 Å². The largest absolute Gasteiger partial charge is 0.359 e. The van der Waals surface area contributed by atoms with Crippen molar-refractivity contribution in [2.45, 2.75) is 39.7 Å². The minimum Gasteiger partial charge on any atom is -0.359 e. The van der Waals surface area contributed by atoms with Gasteiger partial charge in [-0.25, -0.2) is 4.99 Å². The first-order valence-electron chi connectivity index (χ1n) is 11.0. The Morgan fingerprint density at radius 2 is 1.77 bits per heavy atom. The summed E-state index contributed by atoms with van der Waals surface area (Å²) >= 11 is 0. The van der Waals surface area contributed by atoms with E-state index in [1.807, 2.05) is 0 Å². The van der Waals surface area contributed by atoms with E-state index in [1.54, 1.807) is 7.05 Å². The first kappa shape index (κ1) is 25.2. The minimum absolute atomic E-state index is 0. The molecule has 0 radical (unpaired) electrons. The van der Waals surface area contributed by atoms with Crippen LogP contribution >= 0.6 is 24.0 Å². The fourth-order valence-corrected chi connectivity index (χ4v) is 3.98. The number of benzene rings is 2. The number of carbonyl (C=O) groups is 1. The second kappa shape index (κ2) is 12.7. The molecule has 0 saturated carbocycles. The minimum atomic E-state index is 0. The van der Waals surface area contributed by atoms with E-state index < -0.39 is 0 Å². The topological polar surface area (TPSA) is 56.7 Å². The molecule has 0 spiro atoms. The molecule has 1 aliphatic heterocycles. The van der Waals surface area contributed by atoms with Crippen molar-refractivity contribution in [2.75, 3.05) is 26.7 Å². The molecule has 0 unspecified atom stereocenters. The van der Waals surface area contributed by atoms with E-state index in [9.17, 15) is 4.79 Å². The van der Waals surface area contributed by atoms with Gasteiger partial charge in [0.25, 0.3) is 0 Å². The molecule has 0 aromatic heterocycles. The van der Waals surface area contributed by atoms with Crippen LogP contribution in [0.2, 0.25) is 0 Å². The van der Waals surface area contributed by atoms with Crippen molar-refractivity contribution >= 4 is 35.8 Å². The molecule has 168 valence electrons. The summed E-state index contributed by atoms with van der Waals surface area (Å²) in [5.41, 5.74) is 4.95. The lowest BCUT2D eigenvalue weighted by Gasteiger charge is -2.34. The molecule has 6 heteroatoms. The zero-order valence-corrected chi connectivity index (χ0v) is 21.2. The Kier molecular flexibility index (Phi) is 10.3. The standard InChI is InChI=1S/C25H34N4O.HI/c1-4-27-25(29-13-11-20(12-14-29)17-24(30)26-3)28-18-21-8-6-10-23(16-21)22-9-5-7-19(2)15-22;/h5-10,15-16,20H,4,11-14,17-18H2,1-3H3,(H,26,30)(H,27,28);1H. The van der Waals surface area contributed by atoms with Gasteiger partial charge >= 0.3 is 0 Å². The SMILES string of the molecule is CCNC(=NCc1cccc(-c2cccc(C)c2)c1)N1CCC(CC(=O)NC)CC1.I. The lowest BCUT2D eigenvalue weighted by Crippen LogP contribution is -2.46. The molecule has 1 saturated heterocycles. The van der Waals surface area contributed by atoms with Crippen molar-refractivity contribution in [1.82, 2.24) is 15.5 Å². The summed E-state index contributed by atoms with van der Waals surface area (Å²) in [4.78, 5) is 18.9. The number of carbonyl (C=O) groups excluding carboxylic acids is 1. The fraction of sp³-hybridized carbons (Fsp3) is 0.440. The first-order valence-corrected chi connectivity index (χ1v) is 11.0. The summed E-state index contributed by atoms with van der Waals surface area (Å²) in [6.07, 6.45) is 2.69. The van der Waals surface area contributed by atoms with Gasteiger partial charge in [0.1, 0.15) is 0 Å². The molecule has 2 aromatic carbocycles. The molecule has 0 atom stereocenters. The maximum atomic E-state index is 11.6. The average Bonchev–Trinajstić information content (AvgIpc) is 2.77. The normalized spacial score (nSPS) is 14.7. The van der Waals surface area contributed by atoms with Crippen LogP contribution in [0.4, 0.5) is 0 Å². The van der Waals surface area contributed by atoms with Crippen LogP contribution in [0.1, 0.15) is 37.3 Å². The van der Waals surface area contributed by atoms with Gasteiger partial charge in [-0.05, 0) is 55.4 Å². The van der Waals surface area contributed by atoms with E-state index in [0.717, 1.165) is 38.4 Å². The number of nitrogens with zero attached hydrogens (tertiary/aromatic N) is 2. The Morgan fingerprint density at radius 1 is 1.10 bits per heavy atom. The zero-order valence-electron chi connectivity index (χ0n) is 18.9. The summed E-state index contributed by atoms with van der Waals surface area (Å²) in [6, 6.07) is 17.2. The molecule has 2 N–H and O–H groups in total. The summed E-state index contributed by atoms with van der Waals surface area (Å²) < 4.78 is 0. The molecule has 31 heavy (non-hydrogen) atoms. The number of guanidine groups is 1. The van der Waals surface area contributed by atoms with Crippen LogP contribution in [0, 0.1) is 12.8 Å². The highest BCUT2D eigenvalue weighted by atomic mass is 127. The number of aryl methyl sites for hydroxylation is 1. The molecule has 1 aliphatic rings. The Bertz CT molecular complexity index is 875. The van der Waals surface area contributed by atoms with Crippen LogP contribution in [0.15, 0.2) is 53.5 Å². The summed E-state index contributed by atoms with van der Waals surface area (Å²) in [5, 5.41) is 6.18. The van der Waals surface area contributed by atoms with E-state index in [2.05, 4.69) is 77.9 Å². The summed E-state index contributed by atoms with van der Waals surface area (Å²) in [7, 11) is 1.71. The van der Waals surface area contributed by atoms with Gasteiger partial charge < -0.3 is 15.5 Å². The molecule has 0 bridgehead atoms. The first-order chi connectivity index (χ1) is 14.6. The van der Waals surface area contributed by atoms with Crippen molar-refractivity contribution in [2.24, 2.45) is 10.9 Å². The van der Waals surface area contributed by atoms with E-state index in [1.165, 1.54) is 22.3 Å². The molecule has 1 heterocycles. The van der Waals surface area contributed by atoms with Crippen LogP contribution in [-0.2, 0) is 11.3 Å². The van der Waals surface area contributed by atoms with Crippen molar-refractivity contribution in [3.63, 3.8) is 0 Å². The van der Waals surface area contributed by atoms with Gasteiger partial charge in [-0.1, -0.05) is 48.0 Å².